The Kier molecular flexibility index (Phi) is 4.11. The lowest BCUT2D eigenvalue weighted by Gasteiger charge is -2.63. The van der Waals surface area contributed by atoms with Crippen molar-refractivity contribution in [1.82, 2.24) is 14.2 Å². The number of hydrogen-bond acceptors (Lipinski definition) is 5. The highest BCUT2D eigenvalue weighted by Gasteiger charge is 2.65. The van der Waals surface area contributed by atoms with Gasteiger partial charge in [-0.15, -0.1) is 0 Å². The first-order chi connectivity index (χ1) is 13.8. The maximum atomic E-state index is 12.9. The normalized spacial score (nSPS) is 34.3. The first kappa shape index (κ1) is 20.7. The van der Waals surface area contributed by atoms with Gasteiger partial charge in [0.05, 0.1) is 17.9 Å². The van der Waals surface area contributed by atoms with Crippen LogP contribution in [0.3, 0.4) is 0 Å². The Morgan fingerprint density at radius 3 is 2.30 bits per heavy atom. The van der Waals surface area contributed by atoms with Crippen LogP contribution in [0, 0.1) is 17.8 Å². The molecule has 1 saturated carbocycles. The van der Waals surface area contributed by atoms with Gasteiger partial charge < -0.3 is 4.74 Å². The Hall–Kier alpha value is -1.23. The topological polar surface area (TPSA) is 62.7 Å². The van der Waals surface area contributed by atoms with Crippen LogP contribution in [0.15, 0.2) is 17.0 Å². The van der Waals surface area contributed by atoms with E-state index in [1.165, 1.54) is 11.2 Å². The number of aryl methyl sites for hydroxylation is 1. The molecule has 1 aliphatic carbocycles. The molecule has 5 heterocycles. The van der Waals surface area contributed by atoms with Crippen LogP contribution in [0.2, 0.25) is 0 Å². The second-order valence-corrected chi connectivity index (χ2v) is 12.0. The van der Waals surface area contributed by atoms with Crippen molar-refractivity contribution in [2.24, 2.45) is 10.8 Å². The van der Waals surface area contributed by atoms with Crippen molar-refractivity contribution in [1.29, 1.82) is 0 Å². The third kappa shape index (κ3) is 2.87. The zero-order valence-electron chi connectivity index (χ0n) is 17.3. The fourth-order valence-electron chi connectivity index (χ4n) is 6.04. The summed E-state index contributed by atoms with van der Waals surface area (Å²) in [6.07, 6.45) is -2.42. The van der Waals surface area contributed by atoms with Gasteiger partial charge in [-0.1, -0.05) is 0 Å². The molecular formula is C20H26F3N3O3S. The number of likely N-dealkylation sites (tertiary alicyclic amines) is 1. The second-order valence-electron chi connectivity index (χ2n) is 10.1. The lowest BCUT2D eigenvalue weighted by molar-refractivity contribution is -0.141. The molecule has 0 amide bonds. The number of nitrogens with zero attached hydrogens (tertiary/aromatic N) is 3. The molecule has 6 rings (SSSR count). The van der Waals surface area contributed by atoms with Gasteiger partial charge >= 0.3 is 6.18 Å². The summed E-state index contributed by atoms with van der Waals surface area (Å²) in [7, 11) is -3.84. The lowest BCUT2D eigenvalue weighted by atomic mass is 9.58. The summed E-state index contributed by atoms with van der Waals surface area (Å²) < 4.78 is 71.6. The van der Waals surface area contributed by atoms with Crippen molar-refractivity contribution in [2.75, 3.05) is 32.8 Å². The first-order valence-corrected chi connectivity index (χ1v) is 11.6. The predicted molar refractivity (Wildman–Crippen MR) is 102 cm³/mol. The fraction of sp³-hybridized carbons (Fsp3) is 0.750. The van der Waals surface area contributed by atoms with Gasteiger partial charge in [-0.3, -0.25) is 4.90 Å². The Morgan fingerprint density at radius 2 is 1.80 bits per heavy atom. The van der Waals surface area contributed by atoms with Crippen molar-refractivity contribution in [3.63, 3.8) is 0 Å². The Balaban J connectivity index is 1.22. The van der Waals surface area contributed by atoms with Crippen molar-refractivity contribution >= 4 is 10.0 Å². The first-order valence-electron chi connectivity index (χ1n) is 10.2. The van der Waals surface area contributed by atoms with Gasteiger partial charge in [0.1, 0.15) is 10.6 Å². The number of aromatic nitrogens is 1. The van der Waals surface area contributed by atoms with E-state index in [9.17, 15) is 21.6 Å². The van der Waals surface area contributed by atoms with Crippen LogP contribution in [-0.2, 0) is 20.9 Å². The van der Waals surface area contributed by atoms with E-state index in [0.29, 0.717) is 19.1 Å². The minimum absolute atomic E-state index is 0.0439. The summed E-state index contributed by atoms with van der Waals surface area (Å²) in [5.41, 5.74) is -0.966. The van der Waals surface area contributed by atoms with Crippen LogP contribution in [0.1, 0.15) is 38.1 Å². The summed E-state index contributed by atoms with van der Waals surface area (Å²) in [4.78, 5) is 5.74. The zero-order valence-corrected chi connectivity index (χ0v) is 18.1. The van der Waals surface area contributed by atoms with Gasteiger partial charge in [-0.25, -0.2) is 13.4 Å². The third-order valence-electron chi connectivity index (χ3n) is 7.64. The number of alkyl halides is 3. The number of fused-ring (bicyclic) bond motifs is 1. The maximum Gasteiger partial charge on any atom is 0.433 e. The number of sulfonamides is 1. The molecule has 1 atom stereocenters. The molecule has 0 unspecified atom stereocenters. The number of ether oxygens (including phenoxy) is 1. The van der Waals surface area contributed by atoms with E-state index < -0.39 is 21.9 Å². The predicted octanol–water partition coefficient (Wildman–Crippen LogP) is 2.67. The standard InChI is InChI=1S/C20H26F3N3O3S/c1-13-15(4-5-16(24-13)20(21,22)23)30(27,28)26-10-18(11-26)8-25(9-18)14(2)19-6-17(3,7-19)29-12-19/h4-5,14H,6-12H2,1-3H3/t14-,17?,19?/m1/s1. The van der Waals surface area contributed by atoms with Gasteiger partial charge in [0.25, 0.3) is 0 Å². The van der Waals surface area contributed by atoms with Crippen molar-refractivity contribution in [3.8, 4) is 0 Å². The Bertz CT molecular complexity index is 990. The van der Waals surface area contributed by atoms with E-state index >= 15 is 0 Å². The fourth-order valence-corrected chi connectivity index (χ4v) is 7.87. The van der Waals surface area contributed by atoms with Crippen LogP contribution in [-0.4, -0.2) is 67.0 Å². The molecule has 30 heavy (non-hydrogen) atoms. The van der Waals surface area contributed by atoms with Gasteiger partial charge in [0.2, 0.25) is 10.0 Å². The molecule has 1 spiro atoms. The average molecular weight is 446 g/mol. The minimum atomic E-state index is -4.60. The van der Waals surface area contributed by atoms with E-state index in [-0.39, 0.29) is 27.0 Å². The van der Waals surface area contributed by atoms with E-state index in [4.69, 9.17) is 4.74 Å². The molecule has 6 nitrogen and oxygen atoms in total. The Labute approximate surface area is 174 Å². The smallest absolute Gasteiger partial charge is 0.375 e. The van der Waals surface area contributed by atoms with E-state index in [2.05, 4.69) is 23.7 Å². The molecule has 0 radical (unpaired) electrons. The summed E-state index contributed by atoms with van der Waals surface area (Å²) in [5.74, 6) is 0. The zero-order chi connectivity index (χ0) is 21.7. The average Bonchev–Trinajstić information content (AvgIpc) is 3.05. The number of hydrogen-bond donors (Lipinski definition) is 0. The molecular weight excluding hydrogens is 419 g/mol. The number of rotatable bonds is 4. The van der Waals surface area contributed by atoms with Gasteiger partial charge in [-0.2, -0.15) is 17.5 Å². The van der Waals surface area contributed by atoms with Crippen molar-refractivity contribution in [2.45, 2.75) is 56.3 Å². The SMILES string of the molecule is Cc1nc(C(F)(F)F)ccc1S(=O)(=O)N1CC2(CN([C@H](C)C34COC(C)(C3)C4)C2)C1. The molecule has 0 aromatic carbocycles. The third-order valence-corrected chi connectivity index (χ3v) is 9.57. The van der Waals surface area contributed by atoms with Crippen LogP contribution in [0.4, 0.5) is 13.2 Å². The quantitative estimate of drug-likeness (QED) is 0.713. The summed E-state index contributed by atoms with van der Waals surface area (Å²) in [6.45, 7) is 9.02. The van der Waals surface area contributed by atoms with Crippen molar-refractivity contribution < 1.29 is 26.3 Å². The van der Waals surface area contributed by atoms with Crippen LogP contribution in [0.5, 0.6) is 0 Å². The monoisotopic (exact) mass is 445 g/mol. The van der Waals surface area contributed by atoms with Gasteiger partial charge in [0.15, 0.2) is 0 Å². The molecule has 5 aliphatic rings. The van der Waals surface area contributed by atoms with Crippen LogP contribution >= 0.6 is 0 Å². The van der Waals surface area contributed by atoms with E-state index in [1.54, 1.807) is 0 Å². The molecule has 5 fully saturated rings. The van der Waals surface area contributed by atoms with E-state index in [1.807, 2.05) is 0 Å². The van der Waals surface area contributed by atoms with Gasteiger partial charge in [-0.05, 0) is 45.7 Å². The van der Waals surface area contributed by atoms with Crippen LogP contribution in [0.25, 0.3) is 0 Å². The molecule has 0 N–H and O–H groups in total. The highest BCUT2D eigenvalue weighted by molar-refractivity contribution is 7.89. The van der Waals surface area contributed by atoms with Gasteiger partial charge in [0, 0.05) is 43.1 Å². The maximum absolute atomic E-state index is 12.9. The highest BCUT2D eigenvalue weighted by atomic mass is 32.2. The molecule has 10 heteroatoms. The summed E-state index contributed by atoms with van der Waals surface area (Å²) in [6, 6.07) is 2.16. The largest absolute Gasteiger partial charge is 0.433 e. The minimum Gasteiger partial charge on any atom is -0.375 e. The van der Waals surface area contributed by atoms with Crippen molar-refractivity contribution in [3.05, 3.63) is 23.5 Å². The highest BCUT2D eigenvalue weighted by Crippen LogP contribution is 2.61. The second kappa shape index (κ2) is 5.96. The van der Waals surface area contributed by atoms with Crippen LogP contribution < -0.4 is 0 Å². The lowest BCUT2D eigenvalue weighted by Crippen LogP contribution is -2.75. The summed E-state index contributed by atoms with van der Waals surface area (Å²) >= 11 is 0. The molecule has 4 aliphatic heterocycles. The van der Waals surface area contributed by atoms with E-state index in [0.717, 1.165) is 44.7 Å². The molecule has 166 valence electrons. The molecule has 1 aromatic heterocycles. The molecule has 2 bridgehead atoms. The number of halogens is 3. The number of pyridine rings is 1. The Morgan fingerprint density at radius 1 is 1.17 bits per heavy atom. The molecule has 4 saturated heterocycles. The molecule has 1 aromatic rings. The summed E-state index contributed by atoms with van der Waals surface area (Å²) in [5, 5.41) is 0.